The third-order valence-corrected chi connectivity index (χ3v) is 5.65. The Hall–Kier alpha value is -2.25. The fourth-order valence-electron chi connectivity index (χ4n) is 3.25. The predicted molar refractivity (Wildman–Crippen MR) is 100 cm³/mol. The van der Waals surface area contributed by atoms with Crippen molar-refractivity contribution >= 4 is 23.3 Å². The summed E-state index contributed by atoms with van der Waals surface area (Å²) in [7, 11) is 1.31. The van der Waals surface area contributed by atoms with Crippen molar-refractivity contribution in [2.45, 2.75) is 38.8 Å². The number of nitrogens with zero attached hydrogens (tertiary/aromatic N) is 1. The average Bonchev–Trinajstić information content (AvgIpc) is 3.04. The van der Waals surface area contributed by atoms with E-state index < -0.39 is 17.8 Å². The molecule has 1 atom stereocenters. The molecule has 0 aliphatic carbocycles. The number of halogens is 1. The zero-order valence-electron chi connectivity index (χ0n) is 15.4. The largest absolute Gasteiger partial charge is 0.468 e. The van der Waals surface area contributed by atoms with Crippen molar-refractivity contribution < 1.29 is 23.5 Å². The second kappa shape index (κ2) is 8.63. The smallest absolute Gasteiger partial charge is 0.327 e. The van der Waals surface area contributed by atoms with Crippen molar-refractivity contribution in [3.05, 3.63) is 52.2 Å². The highest BCUT2D eigenvalue weighted by Crippen LogP contribution is 2.37. The van der Waals surface area contributed by atoms with Gasteiger partial charge in [-0.05, 0) is 30.5 Å². The molecular formula is C20H22FNO4S. The van der Waals surface area contributed by atoms with Crippen LogP contribution in [0, 0.1) is 5.82 Å². The van der Waals surface area contributed by atoms with Crippen LogP contribution in [0.1, 0.15) is 41.8 Å². The Morgan fingerprint density at radius 1 is 1.33 bits per heavy atom. The number of thiophene rings is 1. The number of carbonyl (C=O) groups excluding carboxylic acids is 2. The molecule has 0 saturated carbocycles. The number of hydrogen-bond donors (Lipinski definition) is 0. The van der Waals surface area contributed by atoms with E-state index in [4.69, 9.17) is 9.47 Å². The van der Waals surface area contributed by atoms with E-state index in [9.17, 15) is 14.0 Å². The van der Waals surface area contributed by atoms with Crippen LogP contribution in [-0.2, 0) is 27.3 Å². The lowest BCUT2D eigenvalue weighted by Gasteiger charge is -2.33. The van der Waals surface area contributed by atoms with E-state index in [0.717, 1.165) is 16.9 Å². The zero-order valence-corrected chi connectivity index (χ0v) is 16.2. The van der Waals surface area contributed by atoms with Crippen molar-refractivity contribution in [1.82, 2.24) is 4.90 Å². The zero-order chi connectivity index (χ0) is 19.4. The van der Waals surface area contributed by atoms with Gasteiger partial charge in [-0.25, -0.2) is 9.18 Å². The van der Waals surface area contributed by atoms with E-state index in [1.165, 1.54) is 24.5 Å². The molecule has 1 aromatic heterocycles. The van der Waals surface area contributed by atoms with Crippen molar-refractivity contribution in [2.75, 3.05) is 13.7 Å². The maximum atomic E-state index is 14.3. The maximum absolute atomic E-state index is 14.3. The third-order valence-electron chi connectivity index (χ3n) is 4.53. The molecule has 7 heteroatoms. The van der Waals surface area contributed by atoms with E-state index in [1.807, 2.05) is 17.9 Å². The summed E-state index contributed by atoms with van der Waals surface area (Å²) in [5.41, 5.74) is 1.30. The molecular weight excluding hydrogens is 369 g/mol. The summed E-state index contributed by atoms with van der Waals surface area (Å²) in [5.74, 6) is -1.17. The Morgan fingerprint density at radius 2 is 2.11 bits per heavy atom. The summed E-state index contributed by atoms with van der Waals surface area (Å²) in [6.07, 6.45) is 1.82. The Labute approximate surface area is 161 Å². The average molecular weight is 391 g/mol. The molecule has 0 spiro atoms. The van der Waals surface area contributed by atoms with E-state index in [-0.39, 0.29) is 5.97 Å². The normalized spacial score (nSPS) is 15.1. The van der Waals surface area contributed by atoms with Crippen LogP contribution in [0.15, 0.2) is 30.3 Å². The highest BCUT2D eigenvalue weighted by molar-refractivity contribution is 7.14. The van der Waals surface area contributed by atoms with Gasteiger partial charge in [-0.2, -0.15) is 0 Å². The molecule has 0 bridgehead atoms. The Bertz CT molecular complexity index is 835. The summed E-state index contributed by atoms with van der Waals surface area (Å²) in [5, 5.41) is 0.570. The van der Waals surface area contributed by atoms with Crippen LogP contribution < -0.4 is 4.74 Å². The number of esters is 2. The fraction of sp³-hybridized carbons (Fsp3) is 0.400. The number of ether oxygens (including phenoxy) is 2. The van der Waals surface area contributed by atoms with Gasteiger partial charge in [0.05, 0.1) is 7.11 Å². The van der Waals surface area contributed by atoms with Gasteiger partial charge in [0.1, 0.15) is 11.9 Å². The fourth-order valence-corrected chi connectivity index (χ4v) is 4.27. The van der Waals surface area contributed by atoms with Gasteiger partial charge in [-0.3, -0.25) is 9.69 Å². The van der Waals surface area contributed by atoms with Gasteiger partial charge in [0.25, 0.3) is 0 Å². The first-order chi connectivity index (χ1) is 13.0. The van der Waals surface area contributed by atoms with Crippen molar-refractivity contribution in [3.63, 3.8) is 0 Å². The molecule has 3 rings (SSSR count). The van der Waals surface area contributed by atoms with Crippen LogP contribution in [0.5, 0.6) is 5.06 Å². The molecule has 5 nitrogen and oxygen atoms in total. The minimum atomic E-state index is -0.810. The maximum Gasteiger partial charge on any atom is 0.327 e. The second-order valence-electron chi connectivity index (χ2n) is 6.41. The molecule has 2 heterocycles. The van der Waals surface area contributed by atoms with Gasteiger partial charge in [0.15, 0.2) is 5.06 Å². The molecule has 2 aromatic rings. The Balaban J connectivity index is 1.82. The molecule has 144 valence electrons. The number of hydrogen-bond acceptors (Lipinski definition) is 6. The van der Waals surface area contributed by atoms with E-state index in [2.05, 4.69) is 0 Å². The molecule has 27 heavy (non-hydrogen) atoms. The summed E-state index contributed by atoms with van der Waals surface area (Å²) >= 11 is 1.46. The predicted octanol–water partition coefficient (Wildman–Crippen LogP) is 3.87. The van der Waals surface area contributed by atoms with Gasteiger partial charge in [-0.1, -0.05) is 25.1 Å². The van der Waals surface area contributed by atoms with E-state index in [1.54, 1.807) is 18.2 Å². The van der Waals surface area contributed by atoms with Crippen LogP contribution in [0.2, 0.25) is 0 Å². The topological polar surface area (TPSA) is 55.8 Å². The van der Waals surface area contributed by atoms with Gasteiger partial charge in [0, 0.05) is 30.0 Å². The number of fused-ring (bicyclic) bond motifs is 1. The SMILES string of the molecule is CCCC(=O)Oc1cc2c(s1)CCN(C(C(=O)OC)c1ccccc1F)C2. The minimum Gasteiger partial charge on any atom is -0.468 e. The van der Waals surface area contributed by atoms with Gasteiger partial charge >= 0.3 is 11.9 Å². The van der Waals surface area contributed by atoms with E-state index >= 15 is 0 Å². The number of methoxy groups -OCH3 is 1. The number of benzene rings is 1. The molecule has 1 aliphatic rings. The first kappa shape index (κ1) is 19.5. The van der Waals surface area contributed by atoms with Crippen LogP contribution in [0.3, 0.4) is 0 Å². The molecule has 1 aliphatic heterocycles. The van der Waals surface area contributed by atoms with Crippen molar-refractivity contribution in [2.24, 2.45) is 0 Å². The molecule has 0 N–H and O–H groups in total. The lowest BCUT2D eigenvalue weighted by Crippen LogP contribution is -2.38. The second-order valence-corrected chi connectivity index (χ2v) is 7.50. The first-order valence-corrected chi connectivity index (χ1v) is 9.73. The molecule has 0 saturated heterocycles. The minimum absolute atomic E-state index is 0.244. The van der Waals surface area contributed by atoms with Crippen molar-refractivity contribution in [3.8, 4) is 5.06 Å². The highest BCUT2D eigenvalue weighted by Gasteiger charge is 2.33. The summed E-state index contributed by atoms with van der Waals surface area (Å²) < 4.78 is 24.6. The highest BCUT2D eigenvalue weighted by atomic mass is 32.1. The monoisotopic (exact) mass is 391 g/mol. The molecule has 0 fully saturated rings. The van der Waals surface area contributed by atoms with Gasteiger partial charge in [-0.15, -0.1) is 11.3 Å². The van der Waals surface area contributed by atoms with Crippen molar-refractivity contribution in [1.29, 1.82) is 0 Å². The standard InChI is InChI=1S/C20H22FNO4S/c1-3-6-17(23)26-18-11-13-12-22(10-9-16(13)27-18)19(20(24)25-2)14-7-4-5-8-15(14)21/h4-5,7-8,11,19H,3,6,9-10,12H2,1-2H3. The summed E-state index contributed by atoms with van der Waals surface area (Å²) in [6.45, 7) is 2.98. The lowest BCUT2D eigenvalue weighted by molar-refractivity contribution is -0.148. The molecule has 0 radical (unpaired) electrons. The molecule has 1 aromatic carbocycles. The third kappa shape index (κ3) is 4.36. The van der Waals surface area contributed by atoms with Crippen LogP contribution in [0.25, 0.3) is 0 Å². The van der Waals surface area contributed by atoms with Gasteiger partial charge < -0.3 is 9.47 Å². The van der Waals surface area contributed by atoms with Crippen LogP contribution >= 0.6 is 11.3 Å². The Kier molecular flexibility index (Phi) is 6.23. The quantitative estimate of drug-likeness (QED) is 0.700. The first-order valence-electron chi connectivity index (χ1n) is 8.92. The van der Waals surface area contributed by atoms with Crippen LogP contribution in [-0.4, -0.2) is 30.5 Å². The van der Waals surface area contributed by atoms with E-state index in [0.29, 0.717) is 36.6 Å². The summed E-state index contributed by atoms with van der Waals surface area (Å²) in [6, 6.07) is 7.29. The molecule has 1 unspecified atom stereocenters. The molecule has 0 amide bonds. The lowest BCUT2D eigenvalue weighted by atomic mass is 10.0. The number of carbonyl (C=O) groups is 2. The van der Waals surface area contributed by atoms with Gasteiger partial charge in [0.2, 0.25) is 0 Å². The summed E-state index contributed by atoms with van der Waals surface area (Å²) in [4.78, 5) is 27.1. The van der Waals surface area contributed by atoms with Crippen LogP contribution in [0.4, 0.5) is 4.39 Å². The number of rotatable bonds is 6. The Morgan fingerprint density at radius 3 is 2.81 bits per heavy atom.